The molecule has 0 aliphatic carbocycles. The Morgan fingerprint density at radius 3 is 2.74 bits per heavy atom. The molecule has 0 bridgehead atoms. The highest BCUT2D eigenvalue weighted by molar-refractivity contribution is 7.17. The van der Waals surface area contributed by atoms with Crippen LogP contribution in [0, 0.1) is 0 Å². The van der Waals surface area contributed by atoms with Gasteiger partial charge < -0.3 is 4.90 Å². The minimum atomic E-state index is 0.127. The molecule has 0 saturated carbocycles. The third-order valence-electron chi connectivity index (χ3n) is 4.91. The highest BCUT2D eigenvalue weighted by atomic mass is 35.5. The number of carbonyl (C=O) groups excluding carboxylic acids is 1. The number of halogens is 1. The molecule has 1 atom stereocenters. The Morgan fingerprint density at radius 2 is 1.96 bits per heavy atom. The Balaban J connectivity index is 1.42. The lowest BCUT2D eigenvalue weighted by atomic mass is 9.98. The minimum absolute atomic E-state index is 0.127. The lowest BCUT2D eigenvalue weighted by Gasteiger charge is -2.33. The average molecular weight is 347 g/mol. The number of benzene rings is 1. The Morgan fingerprint density at radius 1 is 1.13 bits per heavy atom. The highest BCUT2D eigenvalue weighted by Crippen LogP contribution is 2.27. The average Bonchev–Trinajstić information content (AvgIpc) is 3.23. The molecule has 5 heteroatoms. The molecule has 1 fully saturated rings. The summed E-state index contributed by atoms with van der Waals surface area (Å²) in [4.78, 5) is 17.8. The van der Waals surface area contributed by atoms with E-state index in [1.54, 1.807) is 6.07 Å². The smallest absolute Gasteiger partial charge is 0.264 e. The normalized spacial score (nSPS) is 21.4. The molecule has 1 aromatic heterocycles. The summed E-state index contributed by atoms with van der Waals surface area (Å²) in [5.41, 5.74) is 2.91. The molecular weight excluding hydrogens is 328 g/mol. The summed E-state index contributed by atoms with van der Waals surface area (Å²) >= 11 is 7.32. The molecule has 23 heavy (non-hydrogen) atoms. The quantitative estimate of drug-likeness (QED) is 0.828. The third-order valence-corrected chi connectivity index (χ3v) is 6.13. The highest BCUT2D eigenvalue weighted by Gasteiger charge is 2.32. The van der Waals surface area contributed by atoms with Gasteiger partial charge in [0.2, 0.25) is 0 Å². The molecule has 1 amide bonds. The molecule has 0 spiro atoms. The zero-order chi connectivity index (χ0) is 15.8. The van der Waals surface area contributed by atoms with Crippen LogP contribution >= 0.6 is 22.9 Å². The Kier molecular flexibility index (Phi) is 4.14. The molecule has 3 nitrogen and oxygen atoms in total. The van der Waals surface area contributed by atoms with Gasteiger partial charge in [-0.3, -0.25) is 9.69 Å². The monoisotopic (exact) mass is 346 g/mol. The Hall–Kier alpha value is -1.36. The molecule has 4 rings (SSSR count). The first-order chi connectivity index (χ1) is 11.2. The fraction of sp³-hybridized carbons (Fsp3) is 0.389. The van der Waals surface area contributed by atoms with E-state index in [0.717, 1.165) is 43.9 Å². The van der Waals surface area contributed by atoms with Crippen molar-refractivity contribution in [1.82, 2.24) is 9.80 Å². The lowest BCUT2D eigenvalue weighted by molar-refractivity contribution is 0.0778. The van der Waals surface area contributed by atoms with Crippen LogP contribution in [0.3, 0.4) is 0 Å². The van der Waals surface area contributed by atoms with E-state index < -0.39 is 0 Å². The van der Waals surface area contributed by atoms with E-state index >= 15 is 0 Å². The molecule has 3 heterocycles. The van der Waals surface area contributed by atoms with Gasteiger partial charge >= 0.3 is 0 Å². The van der Waals surface area contributed by atoms with Crippen molar-refractivity contribution in [2.24, 2.45) is 0 Å². The standard InChI is InChI=1S/C18H19ClN2OS/c19-17-6-5-16(23-17)18(22)21-10-8-15(12-21)20-9-7-13-3-1-2-4-14(13)11-20/h1-6,15H,7-12H2/t15-/m1/s1. The maximum Gasteiger partial charge on any atom is 0.264 e. The number of amides is 1. The van der Waals surface area contributed by atoms with Crippen LogP contribution in [0.4, 0.5) is 0 Å². The molecular formula is C18H19ClN2OS. The number of fused-ring (bicyclic) bond motifs is 1. The number of carbonyl (C=O) groups is 1. The molecule has 2 aliphatic heterocycles. The zero-order valence-corrected chi connectivity index (χ0v) is 14.4. The molecule has 0 radical (unpaired) electrons. The Bertz CT molecular complexity index is 729. The van der Waals surface area contributed by atoms with Crippen LogP contribution in [-0.2, 0) is 13.0 Å². The molecule has 2 aliphatic rings. The summed E-state index contributed by atoms with van der Waals surface area (Å²) in [5, 5.41) is 0. The van der Waals surface area contributed by atoms with Gasteiger partial charge in [0.25, 0.3) is 5.91 Å². The SMILES string of the molecule is O=C(c1ccc(Cl)s1)N1CC[C@@H](N2CCc3ccccc3C2)C1. The van der Waals surface area contributed by atoms with Crippen molar-refractivity contribution in [3.05, 3.63) is 56.7 Å². The first kappa shape index (κ1) is 15.2. The fourth-order valence-corrected chi connectivity index (χ4v) is 4.65. The lowest BCUT2D eigenvalue weighted by Crippen LogP contribution is -2.41. The van der Waals surface area contributed by atoms with E-state index in [1.165, 1.54) is 22.5 Å². The summed E-state index contributed by atoms with van der Waals surface area (Å²) in [6.07, 6.45) is 2.17. The zero-order valence-electron chi connectivity index (χ0n) is 12.9. The van der Waals surface area contributed by atoms with Crippen LogP contribution < -0.4 is 0 Å². The molecule has 0 unspecified atom stereocenters. The van der Waals surface area contributed by atoms with Crippen molar-refractivity contribution < 1.29 is 4.79 Å². The first-order valence-electron chi connectivity index (χ1n) is 8.06. The van der Waals surface area contributed by atoms with Gasteiger partial charge in [-0.05, 0) is 36.1 Å². The second kappa shape index (κ2) is 6.27. The minimum Gasteiger partial charge on any atom is -0.336 e. The second-order valence-corrected chi connectivity index (χ2v) is 8.00. The maximum absolute atomic E-state index is 12.5. The molecule has 120 valence electrons. The summed E-state index contributed by atoms with van der Waals surface area (Å²) in [5.74, 6) is 0.127. The van der Waals surface area contributed by atoms with Crippen LogP contribution in [0.2, 0.25) is 4.34 Å². The predicted octanol–water partition coefficient (Wildman–Crippen LogP) is 3.67. The number of likely N-dealkylation sites (tertiary alicyclic amines) is 1. The van der Waals surface area contributed by atoms with E-state index in [-0.39, 0.29) is 5.91 Å². The van der Waals surface area contributed by atoms with Crippen molar-refractivity contribution in [3.8, 4) is 0 Å². The number of thiophene rings is 1. The van der Waals surface area contributed by atoms with Crippen molar-refractivity contribution in [1.29, 1.82) is 0 Å². The van der Waals surface area contributed by atoms with E-state index in [9.17, 15) is 4.79 Å². The maximum atomic E-state index is 12.5. The summed E-state index contributed by atoms with van der Waals surface area (Å²) in [6.45, 7) is 3.77. The largest absolute Gasteiger partial charge is 0.336 e. The number of nitrogens with zero attached hydrogens (tertiary/aromatic N) is 2. The summed E-state index contributed by atoms with van der Waals surface area (Å²) < 4.78 is 0.678. The van der Waals surface area contributed by atoms with Gasteiger partial charge in [-0.25, -0.2) is 0 Å². The Labute approximate surface area is 145 Å². The van der Waals surface area contributed by atoms with Crippen LogP contribution in [-0.4, -0.2) is 41.4 Å². The fourth-order valence-electron chi connectivity index (χ4n) is 3.64. The van der Waals surface area contributed by atoms with Crippen molar-refractivity contribution in [3.63, 3.8) is 0 Å². The van der Waals surface area contributed by atoms with Crippen molar-refractivity contribution >= 4 is 28.8 Å². The van der Waals surface area contributed by atoms with Gasteiger partial charge in [0.1, 0.15) is 0 Å². The number of hydrogen-bond acceptors (Lipinski definition) is 3. The third kappa shape index (κ3) is 3.03. The van der Waals surface area contributed by atoms with Crippen molar-refractivity contribution in [2.45, 2.75) is 25.4 Å². The summed E-state index contributed by atoms with van der Waals surface area (Å²) in [7, 11) is 0. The number of rotatable bonds is 2. The predicted molar refractivity (Wildman–Crippen MR) is 94.2 cm³/mol. The topological polar surface area (TPSA) is 23.6 Å². The van der Waals surface area contributed by atoms with E-state index in [0.29, 0.717) is 10.4 Å². The van der Waals surface area contributed by atoms with E-state index in [1.807, 2.05) is 11.0 Å². The van der Waals surface area contributed by atoms with Gasteiger partial charge in [0.15, 0.2) is 0 Å². The van der Waals surface area contributed by atoms with Crippen LogP contribution in [0.15, 0.2) is 36.4 Å². The molecule has 0 N–H and O–H groups in total. The van der Waals surface area contributed by atoms with Gasteiger partial charge in [0, 0.05) is 32.2 Å². The van der Waals surface area contributed by atoms with Crippen LogP contribution in [0.25, 0.3) is 0 Å². The van der Waals surface area contributed by atoms with E-state index in [4.69, 9.17) is 11.6 Å². The first-order valence-corrected chi connectivity index (χ1v) is 9.25. The molecule has 2 aromatic rings. The van der Waals surface area contributed by atoms with Crippen molar-refractivity contribution in [2.75, 3.05) is 19.6 Å². The van der Waals surface area contributed by atoms with Crippen LogP contribution in [0.1, 0.15) is 27.2 Å². The van der Waals surface area contributed by atoms with E-state index in [2.05, 4.69) is 29.2 Å². The van der Waals surface area contributed by atoms with Crippen LogP contribution in [0.5, 0.6) is 0 Å². The van der Waals surface area contributed by atoms with Gasteiger partial charge in [-0.2, -0.15) is 0 Å². The number of hydrogen-bond donors (Lipinski definition) is 0. The summed E-state index contributed by atoms with van der Waals surface area (Å²) in [6, 6.07) is 12.8. The van der Waals surface area contributed by atoms with Gasteiger partial charge in [-0.1, -0.05) is 35.9 Å². The molecule has 1 aromatic carbocycles. The van der Waals surface area contributed by atoms with Gasteiger partial charge in [0.05, 0.1) is 9.21 Å². The molecule has 1 saturated heterocycles. The second-order valence-electron chi connectivity index (χ2n) is 6.29. The van der Waals surface area contributed by atoms with Gasteiger partial charge in [-0.15, -0.1) is 11.3 Å².